The van der Waals surface area contributed by atoms with Crippen molar-refractivity contribution < 1.29 is 14.3 Å². The molecular formula is C16H20O3. The summed E-state index contributed by atoms with van der Waals surface area (Å²) in [5, 5.41) is 0. The summed E-state index contributed by atoms with van der Waals surface area (Å²) in [5.74, 6) is -0.0386. The van der Waals surface area contributed by atoms with Crippen LogP contribution in [0.1, 0.15) is 32.3 Å². The molecule has 1 saturated carbocycles. The summed E-state index contributed by atoms with van der Waals surface area (Å²) < 4.78 is 5.60. The van der Waals surface area contributed by atoms with Crippen LogP contribution in [0.15, 0.2) is 30.3 Å². The quantitative estimate of drug-likeness (QED) is 0.765. The van der Waals surface area contributed by atoms with Crippen LogP contribution in [-0.4, -0.2) is 18.2 Å². The highest BCUT2D eigenvalue weighted by molar-refractivity contribution is 6.13. The van der Waals surface area contributed by atoms with E-state index >= 15 is 0 Å². The number of hydrogen-bond acceptors (Lipinski definition) is 3. The van der Waals surface area contributed by atoms with E-state index < -0.39 is 5.41 Å². The normalized spacial score (nSPS) is 26.9. The van der Waals surface area contributed by atoms with Crippen molar-refractivity contribution in [3.63, 3.8) is 0 Å². The molecule has 0 heterocycles. The van der Waals surface area contributed by atoms with Crippen molar-refractivity contribution >= 4 is 11.6 Å². The third-order valence-electron chi connectivity index (χ3n) is 3.96. The van der Waals surface area contributed by atoms with Gasteiger partial charge >= 0.3 is 0 Å². The molecule has 1 aliphatic rings. The van der Waals surface area contributed by atoms with Gasteiger partial charge in [-0.1, -0.05) is 37.3 Å². The Balaban J connectivity index is 1.95. The molecule has 0 bridgehead atoms. The molecule has 0 aromatic heterocycles. The van der Waals surface area contributed by atoms with Gasteiger partial charge in [-0.15, -0.1) is 0 Å². The Kier molecular flexibility index (Phi) is 4.15. The molecule has 2 atom stereocenters. The SMILES string of the molecule is CC[C@@H]1CC(=O)[C@](C)(COCc2ccccc2)C1=O. The molecule has 0 radical (unpaired) electrons. The van der Waals surface area contributed by atoms with Gasteiger partial charge in [0, 0.05) is 12.3 Å². The van der Waals surface area contributed by atoms with Gasteiger partial charge < -0.3 is 4.74 Å². The highest BCUT2D eigenvalue weighted by atomic mass is 16.5. The Hall–Kier alpha value is -1.48. The van der Waals surface area contributed by atoms with Crippen LogP contribution in [-0.2, 0) is 20.9 Å². The predicted molar refractivity (Wildman–Crippen MR) is 72.6 cm³/mol. The summed E-state index contributed by atoms with van der Waals surface area (Å²) in [6.45, 7) is 4.30. The van der Waals surface area contributed by atoms with Crippen LogP contribution in [0.5, 0.6) is 0 Å². The van der Waals surface area contributed by atoms with E-state index in [9.17, 15) is 9.59 Å². The fourth-order valence-corrected chi connectivity index (χ4v) is 2.56. The molecule has 1 aromatic rings. The molecule has 0 amide bonds. The number of ether oxygens (including phenoxy) is 1. The zero-order valence-corrected chi connectivity index (χ0v) is 11.5. The molecule has 3 nitrogen and oxygen atoms in total. The van der Waals surface area contributed by atoms with E-state index in [1.807, 2.05) is 37.3 Å². The van der Waals surface area contributed by atoms with Gasteiger partial charge in [-0.25, -0.2) is 0 Å². The third kappa shape index (κ3) is 2.76. The monoisotopic (exact) mass is 260 g/mol. The Labute approximate surface area is 114 Å². The summed E-state index contributed by atoms with van der Waals surface area (Å²) in [4.78, 5) is 24.2. The summed E-state index contributed by atoms with van der Waals surface area (Å²) >= 11 is 0. The molecule has 2 rings (SSSR count). The van der Waals surface area contributed by atoms with E-state index in [4.69, 9.17) is 4.74 Å². The van der Waals surface area contributed by atoms with Gasteiger partial charge in [-0.2, -0.15) is 0 Å². The first-order valence-corrected chi connectivity index (χ1v) is 6.77. The van der Waals surface area contributed by atoms with E-state index in [1.165, 1.54) is 0 Å². The minimum atomic E-state index is -0.935. The zero-order chi connectivity index (χ0) is 13.9. The topological polar surface area (TPSA) is 43.4 Å². The van der Waals surface area contributed by atoms with Crippen molar-refractivity contribution in [1.29, 1.82) is 0 Å². The Morgan fingerprint density at radius 1 is 1.26 bits per heavy atom. The number of hydrogen-bond donors (Lipinski definition) is 0. The van der Waals surface area contributed by atoms with E-state index in [0.29, 0.717) is 13.0 Å². The van der Waals surface area contributed by atoms with Crippen molar-refractivity contribution in [2.24, 2.45) is 11.3 Å². The van der Waals surface area contributed by atoms with Gasteiger partial charge in [0.2, 0.25) is 0 Å². The second kappa shape index (κ2) is 5.66. The van der Waals surface area contributed by atoms with Crippen LogP contribution in [0, 0.1) is 11.3 Å². The number of benzene rings is 1. The number of Topliss-reactive ketones (excluding diaryl/α,β-unsaturated/α-hetero) is 2. The van der Waals surface area contributed by atoms with Crippen molar-refractivity contribution in [2.45, 2.75) is 33.3 Å². The fraction of sp³-hybridized carbons (Fsp3) is 0.500. The van der Waals surface area contributed by atoms with Crippen molar-refractivity contribution in [1.82, 2.24) is 0 Å². The Morgan fingerprint density at radius 3 is 2.53 bits per heavy atom. The zero-order valence-electron chi connectivity index (χ0n) is 11.5. The number of rotatable bonds is 5. The number of carbonyl (C=O) groups excluding carboxylic acids is 2. The van der Waals surface area contributed by atoms with Crippen LogP contribution in [0.4, 0.5) is 0 Å². The second-order valence-corrected chi connectivity index (χ2v) is 5.41. The molecule has 0 saturated heterocycles. The molecule has 19 heavy (non-hydrogen) atoms. The third-order valence-corrected chi connectivity index (χ3v) is 3.96. The van der Waals surface area contributed by atoms with Crippen LogP contribution in [0.3, 0.4) is 0 Å². The lowest BCUT2D eigenvalue weighted by Crippen LogP contribution is -2.35. The minimum Gasteiger partial charge on any atom is -0.375 e. The molecule has 1 aliphatic carbocycles. The molecule has 0 spiro atoms. The molecule has 3 heteroatoms. The summed E-state index contributed by atoms with van der Waals surface area (Å²) in [6, 6.07) is 9.77. The molecule has 0 unspecified atom stereocenters. The first-order chi connectivity index (χ1) is 9.08. The van der Waals surface area contributed by atoms with E-state index in [2.05, 4.69) is 0 Å². The van der Waals surface area contributed by atoms with Gasteiger partial charge in [0.1, 0.15) is 11.2 Å². The van der Waals surface area contributed by atoms with E-state index in [-0.39, 0.29) is 24.1 Å². The van der Waals surface area contributed by atoms with E-state index in [0.717, 1.165) is 12.0 Å². The summed E-state index contributed by atoms with van der Waals surface area (Å²) in [7, 11) is 0. The average Bonchev–Trinajstić information content (AvgIpc) is 2.64. The van der Waals surface area contributed by atoms with Crippen LogP contribution >= 0.6 is 0 Å². The number of carbonyl (C=O) groups is 2. The second-order valence-electron chi connectivity index (χ2n) is 5.41. The fourth-order valence-electron chi connectivity index (χ4n) is 2.56. The highest BCUT2D eigenvalue weighted by Crippen LogP contribution is 2.36. The predicted octanol–water partition coefficient (Wildman–Crippen LogP) is 2.78. The summed E-state index contributed by atoms with van der Waals surface area (Å²) in [5.41, 5.74) is 0.117. The van der Waals surface area contributed by atoms with Crippen LogP contribution < -0.4 is 0 Å². The largest absolute Gasteiger partial charge is 0.375 e. The Bertz CT molecular complexity index is 466. The molecule has 0 N–H and O–H groups in total. The van der Waals surface area contributed by atoms with Crippen molar-refractivity contribution in [2.75, 3.05) is 6.61 Å². The van der Waals surface area contributed by atoms with E-state index in [1.54, 1.807) is 6.92 Å². The smallest absolute Gasteiger partial charge is 0.151 e. The van der Waals surface area contributed by atoms with Gasteiger partial charge in [0.25, 0.3) is 0 Å². The maximum Gasteiger partial charge on any atom is 0.151 e. The lowest BCUT2D eigenvalue weighted by atomic mass is 9.86. The number of ketones is 2. The molecule has 102 valence electrons. The lowest BCUT2D eigenvalue weighted by molar-refractivity contribution is -0.139. The summed E-state index contributed by atoms with van der Waals surface area (Å²) in [6.07, 6.45) is 1.11. The average molecular weight is 260 g/mol. The first-order valence-electron chi connectivity index (χ1n) is 6.77. The van der Waals surface area contributed by atoms with Gasteiger partial charge in [-0.3, -0.25) is 9.59 Å². The van der Waals surface area contributed by atoms with Crippen molar-refractivity contribution in [3.8, 4) is 0 Å². The molecule has 0 aliphatic heterocycles. The van der Waals surface area contributed by atoms with Crippen LogP contribution in [0.2, 0.25) is 0 Å². The van der Waals surface area contributed by atoms with Crippen molar-refractivity contribution in [3.05, 3.63) is 35.9 Å². The Morgan fingerprint density at radius 2 is 1.95 bits per heavy atom. The standard InChI is InChI=1S/C16H20O3/c1-3-13-9-14(17)16(2,15(13)18)11-19-10-12-7-5-4-6-8-12/h4-8,13H,3,9-11H2,1-2H3/t13-,16+/m1/s1. The molecule has 1 fully saturated rings. The van der Waals surface area contributed by atoms with Gasteiger partial charge in [0.05, 0.1) is 13.2 Å². The minimum absolute atomic E-state index is 0.0254. The van der Waals surface area contributed by atoms with Gasteiger partial charge in [-0.05, 0) is 18.9 Å². The maximum absolute atomic E-state index is 12.2. The van der Waals surface area contributed by atoms with Gasteiger partial charge in [0.15, 0.2) is 5.78 Å². The lowest BCUT2D eigenvalue weighted by Gasteiger charge is -2.21. The molecular weight excluding hydrogens is 240 g/mol. The molecule has 1 aromatic carbocycles. The highest BCUT2D eigenvalue weighted by Gasteiger charge is 2.50. The first kappa shape index (κ1) is 13.9. The maximum atomic E-state index is 12.2. The van der Waals surface area contributed by atoms with Crippen LogP contribution in [0.25, 0.3) is 0 Å².